The Morgan fingerprint density at radius 1 is 1.10 bits per heavy atom. The number of aromatic nitrogens is 2. The van der Waals surface area contributed by atoms with Gasteiger partial charge in [0.15, 0.2) is 0 Å². The third-order valence-electron chi connectivity index (χ3n) is 6.72. The lowest BCUT2D eigenvalue weighted by Crippen LogP contribution is -2.41. The Labute approximate surface area is 173 Å². The molecule has 6 nitrogen and oxygen atoms in total. The molecule has 0 amide bonds. The highest BCUT2D eigenvalue weighted by Gasteiger charge is 2.51. The van der Waals surface area contributed by atoms with E-state index < -0.39 is 0 Å². The van der Waals surface area contributed by atoms with Crippen molar-refractivity contribution >= 4 is 29.4 Å². The molecule has 29 heavy (non-hydrogen) atoms. The Kier molecular flexibility index (Phi) is 5.34. The molecular weight excluding hydrogens is 365 g/mol. The molecule has 0 bridgehead atoms. The second-order valence-electron chi connectivity index (χ2n) is 9.40. The SMILES string of the molecule is CCc1cc(B2OC(C)(C)C(C)(C)O2)cc2cnc(N[C@H]3CC[C@H](O)CC3)nc12. The van der Waals surface area contributed by atoms with Gasteiger partial charge in [0, 0.05) is 17.6 Å². The smallest absolute Gasteiger partial charge is 0.399 e. The van der Waals surface area contributed by atoms with Crippen LogP contribution in [-0.2, 0) is 15.7 Å². The van der Waals surface area contributed by atoms with E-state index in [-0.39, 0.29) is 24.4 Å². The van der Waals surface area contributed by atoms with Gasteiger partial charge in [0.05, 0.1) is 22.8 Å². The van der Waals surface area contributed by atoms with Crippen LogP contribution < -0.4 is 10.8 Å². The zero-order valence-corrected chi connectivity index (χ0v) is 18.2. The zero-order chi connectivity index (χ0) is 20.8. The summed E-state index contributed by atoms with van der Waals surface area (Å²) >= 11 is 0. The van der Waals surface area contributed by atoms with Crippen LogP contribution in [0.5, 0.6) is 0 Å². The number of hydrogen-bond acceptors (Lipinski definition) is 6. The normalized spacial score (nSPS) is 26.1. The molecule has 2 aliphatic rings. The van der Waals surface area contributed by atoms with Crippen LogP contribution in [0.1, 0.15) is 65.9 Å². The second kappa shape index (κ2) is 7.53. The van der Waals surface area contributed by atoms with Gasteiger partial charge < -0.3 is 19.7 Å². The summed E-state index contributed by atoms with van der Waals surface area (Å²) < 4.78 is 12.5. The highest BCUT2D eigenvalue weighted by Crippen LogP contribution is 2.36. The van der Waals surface area contributed by atoms with E-state index >= 15 is 0 Å². The Hall–Kier alpha value is -1.70. The highest BCUT2D eigenvalue weighted by atomic mass is 16.7. The second-order valence-corrected chi connectivity index (χ2v) is 9.40. The summed E-state index contributed by atoms with van der Waals surface area (Å²) in [6.45, 7) is 10.4. The van der Waals surface area contributed by atoms with Crippen LogP contribution in [-0.4, -0.2) is 45.5 Å². The summed E-state index contributed by atoms with van der Waals surface area (Å²) in [5.41, 5.74) is 2.42. The van der Waals surface area contributed by atoms with Gasteiger partial charge in [0.2, 0.25) is 5.95 Å². The van der Waals surface area contributed by atoms with Crippen LogP contribution in [0.2, 0.25) is 0 Å². The maximum atomic E-state index is 9.70. The first kappa shape index (κ1) is 20.6. The summed E-state index contributed by atoms with van der Waals surface area (Å²) in [6.07, 6.45) is 6.16. The third kappa shape index (κ3) is 4.00. The van der Waals surface area contributed by atoms with Gasteiger partial charge >= 0.3 is 7.12 Å². The van der Waals surface area contributed by atoms with Crippen molar-refractivity contribution in [2.24, 2.45) is 0 Å². The fraction of sp³-hybridized carbons (Fsp3) is 0.636. The maximum Gasteiger partial charge on any atom is 0.494 e. The van der Waals surface area contributed by atoms with Crippen LogP contribution in [0.15, 0.2) is 18.3 Å². The predicted octanol–water partition coefficient (Wildman–Crippen LogP) is 3.21. The molecule has 4 rings (SSSR count). The van der Waals surface area contributed by atoms with Crippen LogP contribution in [0.25, 0.3) is 10.9 Å². The maximum absolute atomic E-state index is 9.70. The molecule has 1 aliphatic heterocycles. The van der Waals surface area contributed by atoms with Crippen molar-refractivity contribution < 1.29 is 14.4 Å². The van der Waals surface area contributed by atoms with Gasteiger partial charge in [-0.2, -0.15) is 0 Å². The number of nitrogens with zero attached hydrogens (tertiary/aromatic N) is 2. The van der Waals surface area contributed by atoms with E-state index in [0.717, 1.165) is 54.0 Å². The monoisotopic (exact) mass is 397 g/mol. The molecule has 0 unspecified atom stereocenters. The Morgan fingerprint density at radius 3 is 2.38 bits per heavy atom. The number of nitrogens with one attached hydrogen (secondary N) is 1. The summed E-state index contributed by atoms with van der Waals surface area (Å²) in [4.78, 5) is 9.37. The van der Waals surface area contributed by atoms with Gasteiger partial charge in [-0.05, 0) is 70.8 Å². The molecule has 2 N–H and O–H groups in total. The van der Waals surface area contributed by atoms with Gasteiger partial charge in [-0.3, -0.25) is 0 Å². The lowest BCUT2D eigenvalue weighted by Gasteiger charge is -2.32. The minimum absolute atomic E-state index is 0.161. The van der Waals surface area contributed by atoms with E-state index in [1.54, 1.807) is 0 Å². The number of benzene rings is 1. The average Bonchev–Trinajstić information content (AvgIpc) is 2.90. The van der Waals surface area contributed by atoms with E-state index in [4.69, 9.17) is 14.3 Å². The van der Waals surface area contributed by atoms with Gasteiger partial charge in [0.25, 0.3) is 0 Å². The molecule has 0 spiro atoms. The fourth-order valence-corrected chi connectivity index (χ4v) is 4.10. The number of hydrogen-bond donors (Lipinski definition) is 2. The molecule has 1 aromatic heterocycles. The lowest BCUT2D eigenvalue weighted by atomic mass is 9.77. The summed E-state index contributed by atoms with van der Waals surface area (Å²) in [5, 5.41) is 14.2. The number of anilines is 1. The van der Waals surface area contributed by atoms with Gasteiger partial charge in [-0.1, -0.05) is 19.1 Å². The van der Waals surface area contributed by atoms with Crippen molar-refractivity contribution in [1.29, 1.82) is 0 Å². The third-order valence-corrected chi connectivity index (χ3v) is 6.72. The van der Waals surface area contributed by atoms with Crippen LogP contribution in [0.3, 0.4) is 0 Å². The van der Waals surface area contributed by atoms with Crippen molar-refractivity contribution in [1.82, 2.24) is 9.97 Å². The van der Waals surface area contributed by atoms with E-state index in [2.05, 4.69) is 57.1 Å². The van der Waals surface area contributed by atoms with Gasteiger partial charge in [-0.15, -0.1) is 0 Å². The van der Waals surface area contributed by atoms with Crippen molar-refractivity contribution in [2.45, 2.75) is 90.1 Å². The first-order chi connectivity index (χ1) is 13.7. The summed E-state index contributed by atoms with van der Waals surface area (Å²) in [7, 11) is -0.388. The Balaban J connectivity index is 1.61. The first-order valence-corrected chi connectivity index (χ1v) is 10.8. The molecular formula is C22H32BN3O3. The standard InChI is InChI=1S/C22H32BN3O3/c1-6-14-11-16(23-28-21(2,3)22(4,5)29-23)12-15-13-24-20(26-19(14)15)25-17-7-9-18(27)10-8-17/h11-13,17-18,27H,6-10H2,1-5H3,(H,24,25,26)/t17-,18-. The molecule has 1 saturated carbocycles. The molecule has 1 aliphatic carbocycles. The predicted molar refractivity (Wildman–Crippen MR) is 117 cm³/mol. The van der Waals surface area contributed by atoms with E-state index in [0.29, 0.717) is 12.0 Å². The molecule has 0 radical (unpaired) electrons. The molecule has 156 valence electrons. The zero-order valence-electron chi connectivity index (χ0n) is 18.2. The molecule has 2 fully saturated rings. The van der Waals surface area contributed by atoms with Crippen LogP contribution >= 0.6 is 0 Å². The van der Waals surface area contributed by atoms with Gasteiger partial charge in [0.1, 0.15) is 0 Å². The Morgan fingerprint density at radius 2 is 1.76 bits per heavy atom. The number of aliphatic hydroxyl groups is 1. The Bertz CT molecular complexity index is 878. The molecule has 2 heterocycles. The minimum Gasteiger partial charge on any atom is -0.399 e. The van der Waals surface area contributed by atoms with E-state index in [9.17, 15) is 5.11 Å². The molecule has 1 saturated heterocycles. The van der Waals surface area contributed by atoms with Crippen molar-refractivity contribution in [3.05, 3.63) is 23.9 Å². The average molecular weight is 397 g/mol. The van der Waals surface area contributed by atoms with E-state index in [1.165, 1.54) is 0 Å². The van der Waals surface area contributed by atoms with Crippen molar-refractivity contribution in [3.63, 3.8) is 0 Å². The molecule has 7 heteroatoms. The fourth-order valence-electron chi connectivity index (χ4n) is 4.10. The quantitative estimate of drug-likeness (QED) is 0.772. The molecule has 2 aromatic rings. The number of aryl methyl sites for hydroxylation is 1. The van der Waals surface area contributed by atoms with Crippen molar-refractivity contribution in [3.8, 4) is 0 Å². The number of fused-ring (bicyclic) bond motifs is 1. The van der Waals surface area contributed by atoms with E-state index in [1.807, 2.05) is 6.20 Å². The largest absolute Gasteiger partial charge is 0.494 e. The van der Waals surface area contributed by atoms with Crippen LogP contribution in [0, 0.1) is 0 Å². The van der Waals surface area contributed by atoms with Gasteiger partial charge in [-0.25, -0.2) is 9.97 Å². The highest BCUT2D eigenvalue weighted by molar-refractivity contribution is 6.62. The molecule has 0 atom stereocenters. The van der Waals surface area contributed by atoms with Crippen LogP contribution in [0.4, 0.5) is 5.95 Å². The first-order valence-electron chi connectivity index (χ1n) is 10.8. The summed E-state index contributed by atoms with van der Waals surface area (Å²) in [5.74, 6) is 0.664. The number of rotatable bonds is 4. The summed E-state index contributed by atoms with van der Waals surface area (Å²) in [6, 6.07) is 4.56. The molecule has 1 aromatic carbocycles. The number of aliphatic hydroxyl groups excluding tert-OH is 1. The minimum atomic E-state index is -0.388. The lowest BCUT2D eigenvalue weighted by molar-refractivity contribution is 0.00578. The van der Waals surface area contributed by atoms with Crippen molar-refractivity contribution in [2.75, 3.05) is 5.32 Å². The topological polar surface area (TPSA) is 76.5 Å².